The molecule has 0 aromatic heterocycles. The molecule has 2 rings (SSSR count). The molecule has 1 amide bonds. The van der Waals surface area contributed by atoms with Crippen LogP contribution < -0.4 is 10.6 Å². The van der Waals surface area contributed by atoms with Gasteiger partial charge in [-0.1, -0.05) is 32.4 Å². The maximum Gasteiger partial charge on any atom is 0.410 e. The first-order chi connectivity index (χ1) is 14.1. The van der Waals surface area contributed by atoms with E-state index in [1.54, 1.807) is 4.90 Å². The highest BCUT2D eigenvalue weighted by molar-refractivity contribution is 5.94. The average molecular weight is 422 g/mol. The largest absolute Gasteiger partial charge is 0.445 e. The molecular weight excluding hydrogens is 382 g/mol. The third kappa shape index (κ3) is 6.14. The third-order valence-electron chi connectivity index (χ3n) is 6.10. The first-order valence-electron chi connectivity index (χ1n) is 11.3. The second kappa shape index (κ2) is 10.5. The number of ether oxygens (including phenoxy) is 1. The summed E-state index contributed by atoms with van der Waals surface area (Å²) in [4.78, 5) is 40.4. The van der Waals surface area contributed by atoms with E-state index < -0.39 is 11.1 Å². The summed E-state index contributed by atoms with van der Waals surface area (Å²) >= 11 is 0. The van der Waals surface area contributed by atoms with Crippen LogP contribution in [0.2, 0.25) is 0 Å². The summed E-state index contributed by atoms with van der Waals surface area (Å²) in [5.41, 5.74) is -1.56. The zero-order chi connectivity index (χ0) is 22.4. The number of ketones is 2. The van der Waals surface area contributed by atoms with Crippen molar-refractivity contribution in [3.8, 4) is 0 Å². The monoisotopic (exact) mass is 421 g/mol. The van der Waals surface area contributed by atoms with Crippen LogP contribution in [0.25, 0.3) is 0 Å². The molecule has 1 saturated heterocycles. The van der Waals surface area contributed by atoms with Crippen LogP contribution in [0.5, 0.6) is 0 Å². The molecule has 0 aromatic carbocycles. The van der Waals surface area contributed by atoms with Gasteiger partial charge in [0.25, 0.3) is 0 Å². The van der Waals surface area contributed by atoms with Gasteiger partial charge in [0.15, 0.2) is 11.6 Å². The van der Waals surface area contributed by atoms with Gasteiger partial charge in [-0.15, -0.1) is 0 Å². The van der Waals surface area contributed by atoms with E-state index in [4.69, 9.17) is 4.74 Å². The maximum absolute atomic E-state index is 13.4. The van der Waals surface area contributed by atoms with E-state index in [1.807, 2.05) is 46.8 Å². The lowest BCUT2D eigenvalue weighted by molar-refractivity contribution is -0.129. The van der Waals surface area contributed by atoms with Crippen molar-refractivity contribution in [2.24, 2.45) is 5.92 Å². The van der Waals surface area contributed by atoms with Gasteiger partial charge in [-0.3, -0.25) is 14.9 Å². The molecule has 7 heteroatoms. The van der Waals surface area contributed by atoms with E-state index in [1.165, 1.54) is 0 Å². The Morgan fingerprint density at radius 1 is 1.17 bits per heavy atom. The molecular formula is C23H39N3O4. The Morgan fingerprint density at radius 3 is 2.57 bits per heavy atom. The highest BCUT2D eigenvalue weighted by Crippen LogP contribution is 2.26. The summed E-state index contributed by atoms with van der Waals surface area (Å²) in [6, 6.07) is 0.0853. The van der Waals surface area contributed by atoms with Gasteiger partial charge in [-0.05, 0) is 46.5 Å². The van der Waals surface area contributed by atoms with E-state index in [9.17, 15) is 14.4 Å². The number of Topliss-reactive ketones (excluding diaryl/α,β-unsaturated/α-hetero) is 2. The molecule has 1 fully saturated rings. The predicted molar refractivity (Wildman–Crippen MR) is 117 cm³/mol. The molecule has 2 bridgehead atoms. The van der Waals surface area contributed by atoms with Gasteiger partial charge in [0.05, 0.1) is 17.6 Å². The van der Waals surface area contributed by atoms with Crippen LogP contribution in [0.3, 0.4) is 0 Å². The van der Waals surface area contributed by atoms with Crippen molar-refractivity contribution in [1.29, 1.82) is 0 Å². The van der Waals surface area contributed by atoms with Crippen molar-refractivity contribution >= 4 is 17.7 Å². The van der Waals surface area contributed by atoms with Gasteiger partial charge in [0, 0.05) is 25.0 Å². The molecule has 170 valence electrons. The summed E-state index contributed by atoms with van der Waals surface area (Å²) in [6.45, 7) is 10.8. The maximum atomic E-state index is 13.4. The second-order valence-corrected chi connectivity index (χ2v) is 9.47. The fraction of sp³-hybridized carbons (Fsp3) is 0.783. The van der Waals surface area contributed by atoms with Gasteiger partial charge in [-0.25, -0.2) is 4.79 Å². The van der Waals surface area contributed by atoms with Gasteiger partial charge < -0.3 is 15.0 Å². The van der Waals surface area contributed by atoms with Gasteiger partial charge >= 0.3 is 6.09 Å². The van der Waals surface area contributed by atoms with Crippen LogP contribution >= 0.6 is 0 Å². The van der Waals surface area contributed by atoms with Crippen LogP contribution in [0, 0.1) is 5.92 Å². The smallest absolute Gasteiger partial charge is 0.410 e. The lowest BCUT2D eigenvalue weighted by Gasteiger charge is -2.35. The standard InChI is InChI=1S/C23H39N3O4/c1-17(2)20(28)22(5)11-9-7-6-8-10-14-30-21(29)26-13-12-23(16-26,25-18(3)4)19(27)15-24-22/h8,10,17-18,24-25H,6-7,9,11-16H2,1-5H3/b10-8+/t22-,23-/m0/s1. The van der Waals surface area contributed by atoms with Crippen LogP contribution in [0.1, 0.15) is 66.7 Å². The number of fused-ring (bicyclic) bond motifs is 2. The lowest BCUT2D eigenvalue weighted by atomic mass is 9.83. The van der Waals surface area contributed by atoms with Crippen LogP contribution in [-0.4, -0.2) is 65.9 Å². The highest BCUT2D eigenvalue weighted by atomic mass is 16.6. The number of carbonyl (C=O) groups excluding carboxylic acids is 3. The lowest BCUT2D eigenvalue weighted by Crippen LogP contribution is -2.61. The Labute approximate surface area is 181 Å². The van der Waals surface area contributed by atoms with Gasteiger partial charge in [0.1, 0.15) is 6.61 Å². The molecule has 0 radical (unpaired) electrons. The molecule has 7 nitrogen and oxygen atoms in total. The van der Waals surface area contributed by atoms with E-state index in [0.29, 0.717) is 19.4 Å². The summed E-state index contributed by atoms with van der Waals surface area (Å²) in [5.74, 6) is 0.0123. The SMILES string of the molecule is CC(C)N[C@@]12CCN(C1)C(=O)OC/C=C/CCCC[C@@](C)(C(=O)C(C)C)NCC2=O. The van der Waals surface area contributed by atoms with E-state index >= 15 is 0 Å². The summed E-state index contributed by atoms with van der Waals surface area (Å²) < 4.78 is 5.35. The van der Waals surface area contributed by atoms with Crippen molar-refractivity contribution in [1.82, 2.24) is 15.5 Å². The second-order valence-electron chi connectivity index (χ2n) is 9.47. The fourth-order valence-electron chi connectivity index (χ4n) is 4.46. The van der Waals surface area contributed by atoms with Crippen molar-refractivity contribution in [2.45, 2.75) is 83.8 Å². The normalized spacial score (nSPS) is 30.6. The van der Waals surface area contributed by atoms with Gasteiger partial charge in [0.2, 0.25) is 0 Å². The number of cyclic esters (lactones) is 1. The van der Waals surface area contributed by atoms with E-state index in [2.05, 4.69) is 10.6 Å². The molecule has 0 unspecified atom stereocenters. The summed E-state index contributed by atoms with van der Waals surface area (Å²) in [5, 5.41) is 6.71. The van der Waals surface area contributed by atoms with Crippen molar-refractivity contribution < 1.29 is 19.1 Å². The predicted octanol–water partition coefficient (Wildman–Crippen LogP) is 2.84. The number of amides is 1. The Hall–Kier alpha value is -1.73. The number of allylic oxidation sites excluding steroid dienone is 1. The number of rotatable bonds is 4. The number of hydrogen-bond donors (Lipinski definition) is 2. The molecule has 2 aliphatic rings. The minimum Gasteiger partial charge on any atom is -0.445 e. The highest BCUT2D eigenvalue weighted by Gasteiger charge is 2.47. The van der Waals surface area contributed by atoms with Crippen LogP contribution in [0.15, 0.2) is 12.2 Å². The third-order valence-corrected chi connectivity index (χ3v) is 6.10. The molecule has 2 N–H and O–H groups in total. The molecule has 0 aromatic rings. The van der Waals surface area contributed by atoms with Crippen LogP contribution in [-0.2, 0) is 14.3 Å². The summed E-state index contributed by atoms with van der Waals surface area (Å²) in [6.07, 6.45) is 7.40. The number of hydrogen-bond acceptors (Lipinski definition) is 6. The Bertz CT molecular complexity index is 661. The molecule has 0 spiro atoms. The van der Waals surface area contributed by atoms with Crippen molar-refractivity contribution in [3.05, 3.63) is 12.2 Å². The van der Waals surface area contributed by atoms with Crippen molar-refractivity contribution in [2.75, 3.05) is 26.2 Å². The Kier molecular flexibility index (Phi) is 8.62. The molecule has 30 heavy (non-hydrogen) atoms. The molecule has 0 aliphatic carbocycles. The fourth-order valence-corrected chi connectivity index (χ4v) is 4.46. The van der Waals surface area contributed by atoms with E-state index in [0.717, 1.165) is 19.3 Å². The Balaban J connectivity index is 2.27. The van der Waals surface area contributed by atoms with E-state index in [-0.39, 0.29) is 49.3 Å². The van der Waals surface area contributed by atoms with Crippen LogP contribution in [0.4, 0.5) is 4.79 Å². The quantitative estimate of drug-likeness (QED) is 0.679. The summed E-state index contributed by atoms with van der Waals surface area (Å²) in [7, 11) is 0. The number of carbonyl (C=O) groups is 3. The molecule has 2 atom stereocenters. The molecule has 0 saturated carbocycles. The average Bonchev–Trinajstić information content (AvgIpc) is 3.11. The molecule has 2 heterocycles. The first kappa shape index (κ1) is 24.5. The minimum atomic E-state index is -0.825. The van der Waals surface area contributed by atoms with Gasteiger partial charge in [-0.2, -0.15) is 0 Å². The van der Waals surface area contributed by atoms with Crippen molar-refractivity contribution in [3.63, 3.8) is 0 Å². The zero-order valence-corrected chi connectivity index (χ0v) is 19.3. The first-order valence-corrected chi connectivity index (χ1v) is 11.3. The molecule has 2 aliphatic heterocycles. The number of nitrogens with one attached hydrogen (secondary N) is 2. The minimum absolute atomic E-state index is 0.0127. The number of nitrogens with zero attached hydrogens (tertiary/aromatic N) is 1. The Morgan fingerprint density at radius 2 is 1.90 bits per heavy atom. The zero-order valence-electron chi connectivity index (χ0n) is 19.3. The topological polar surface area (TPSA) is 87.7 Å².